The number of nitrogens with zero attached hydrogens (tertiary/aromatic N) is 1. The number of ether oxygens (including phenoxy) is 2. The third-order valence-corrected chi connectivity index (χ3v) is 4.03. The summed E-state index contributed by atoms with van der Waals surface area (Å²) in [6.45, 7) is 2.22. The highest BCUT2D eigenvalue weighted by atomic mass is 32.2. The Balaban J connectivity index is 2.46. The van der Waals surface area contributed by atoms with Crippen molar-refractivity contribution in [2.75, 3.05) is 12.9 Å². The molecule has 0 amide bonds. The number of para-hydroxylation sites is 2. The normalized spacial score (nSPS) is 11.0. The Labute approximate surface area is 133 Å². The first-order valence-electron chi connectivity index (χ1n) is 6.71. The van der Waals surface area contributed by atoms with E-state index >= 15 is 0 Å². The number of nitro groups is 1. The maximum Gasteiger partial charge on any atom is 0.312 e. The molecule has 0 heterocycles. The van der Waals surface area contributed by atoms with E-state index in [1.54, 1.807) is 31.2 Å². The standard InChI is InChI=1S/C15H15NO6S/c1-3-21-14-6-4-5-7-15(14)22-13-9-8-11(23(2,19)20)10-12(13)16(17)18/h4-10H,3H2,1-2H3. The largest absolute Gasteiger partial charge is 0.490 e. The first kappa shape index (κ1) is 16.8. The van der Waals surface area contributed by atoms with E-state index in [2.05, 4.69) is 0 Å². The maximum atomic E-state index is 11.5. The van der Waals surface area contributed by atoms with Crippen molar-refractivity contribution in [1.82, 2.24) is 0 Å². The van der Waals surface area contributed by atoms with Crippen LogP contribution >= 0.6 is 0 Å². The van der Waals surface area contributed by atoms with Gasteiger partial charge in [-0.3, -0.25) is 10.1 Å². The quantitative estimate of drug-likeness (QED) is 0.593. The molecule has 2 aromatic carbocycles. The van der Waals surface area contributed by atoms with E-state index in [1.165, 1.54) is 12.1 Å². The summed E-state index contributed by atoms with van der Waals surface area (Å²) in [5.74, 6) is 0.690. The van der Waals surface area contributed by atoms with E-state index in [0.29, 0.717) is 18.1 Å². The Hall–Kier alpha value is -2.61. The minimum Gasteiger partial charge on any atom is -0.490 e. The lowest BCUT2D eigenvalue weighted by Crippen LogP contribution is -2.01. The van der Waals surface area contributed by atoms with Gasteiger partial charge in [0.25, 0.3) is 0 Å². The molecule has 23 heavy (non-hydrogen) atoms. The Morgan fingerprint density at radius 1 is 1.09 bits per heavy atom. The Morgan fingerprint density at radius 2 is 1.74 bits per heavy atom. The lowest BCUT2D eigenvalue weighted by atomic mass is 10.3. The van der Waals surface area contributed by atoms with Gasteiger partial charge in [0.15, 0.2) is 21.3 Å². The molecule has 7 nitrogen and oxygen atoms in total. The zero-order chi connectivity index (χ0) is 17.0. The van der Waals surface area contributed by atoms with Crippen molar-refractivity contribution in [3.8, 4) is 17.2 Å². The average Bonchev–Trinajstić information content (AvgIpc) is 2.48. The van der Waals surface area contributed by atoms with Gasteiger partial charge in [0.2, 0.25) is 5.75 Å². The minimum atomic E-state index is -3.55. The first-order valence-corrected chi connectivity index (χ1v) is 8.60. The summed E-state index contributed by atoms with van der Waals surface area (Å²) in [6, 6.07) is 10.2. The van der Waals surface area contributed by atoms with Gasteiger partial charge in [-0.25, -0.2) is 8.42 Å². The van der Waals surface area contributed by atoms with Crippen LogP contribution in [0, 0.1) is 10.1 Å². The van der Waals surface area contributed by atoms with Gasteiger partial charge in [0, 0.05) is 12.3 Å². The highest BCUT2D eigenvalue weighted by molar-refractivity contribution is 7.90. The topological polar surface area (TPSA) is 95.7 Å². The molecule has 0 aliphatic carbocycles. The molecule has 2 rings (SSSR count). The van der Waals surface area contributed by atoms with Crippen molar-refractivity contribution in [2.24, 2.45) is 0 Å². The minimum absolute atomic E-state index is 0.0606. The van der Waals surface area contributed by atoms with Gasteiger partial charge >= 0.3 is 5.69 Å². The van der Waals surface area contributed by atoms with Crippen molar-refractivity contribution in [1.29, 1.82) is 0 Å². The third-order valence-electron chi connectivity index (χ3n) is 2.92. The SMILES string of the molecule is CCOc1ccccc1Oc1ccc(S(C)(=O)=O)cc1[N+](=O)[O-]. The average molecular weight is 337 g/mol. The molecule has 0 atom stereocenters. The van der Waals surface area contributed by atoms with E-state index in [1.807, 2.05) is 0 Å². The molecular weight excluding hydrogens is 322 g/mol. The molecule has 0 radical (unpaired) electrons. The van der Waals surface area contributed by atoms with Gasteiger partial charge in [-0.2, -0.15) is 0 Å². The molecule has 0 N–H and O–H groups in total. The summed E-state index contributed by atoms with van der Waals surface area (Å²) in [7, 11) is -3.55. The van der Waals surface area contributed by atoms with Crippen molar-refractivity contribution >= 4 is 15.5 Å². The molecule has 2 aromatic rings. The molecule has 0 bridgehead atoms. The van der Waals surface area contributed by atoms with Gasteiger partial charge in [-0.15, -0.1) is 0 Å². The monoisotopic (exact) mass is 337 g/mol. The Kier molecular flexibility index (Phi) is 4.85. The number of hydrogen-bond donors (Lipinski definition) is 0. The lowest BCUT2D eigenvalue weighted by molar-refractivity contribution is -0.385. The number of hydrogen-bond acceptors (Lipinski definition) is 6. The predicted molar refractivity (Wildman–Crippen MR) is 83.9 cm³/mol. The fourth-order valence-corrected chi connectivity index (χ4v) is 2.53. The number of nitro benzene ring substituents is 1. The van der Waals surface area contributed by atoms with Crippen LogP contribution in [0.4, 0.5) is 5.69 Å². The molecule has 0 aromatic heterocycles. The van der Waals surface area contributed by atoms with Crippen LogP contribution in [0.2, 0.25) is 0 Å². The van der Waals surface area contributed by atoms with Crippen LogP contribution in [0.5, 0.6) is 17.2 Å². The molecule has 0 saturated carbocycles. The molecule has 122 valence electrons. The van der Waals surface area contributed by atoms with Gasteiger partial charge in [0.05, 0.1) is 16.4 Å². The molecule has 8 heteroatoms. The van der Waals surface area contributed by atoms with Crippen molar-refractivity contribution < 1.29 is 22.8 Å². The molecular formula is C15H15NO6S. The van der Waals surface area contributed by atoms with E-state index in [9.17, 15) is 18.5 Å². The van der Waals surface area contributed by atoms with E-state index in [-0.39, 0.29) is 10.6 Å². The second-order valence-electron chi connectivity index (χ2n) is 4.64. The number of sulfone groups is 1. The van der Waals surface area contributed by atoms with Gasteiger partial charge in [-0.05, 0) is 31.2 Å². The summed E-state index contributed by atoms with van der Waals surface area (Å²) >= 11 is 0. The second kappa shape index (κ2) is 6.66. The van der Waals surface area contributed by atoms with E-state index in [0.717, 1.165) is 12.3 Å². The van der Waals surface area contributed by atoms with Crippen LogP contribution in [0.3, 0.4) is 0 Å². The molecule has 0 saturated heterocycles. The predicted octanol–water partition coefficient (Wildman–Crippen LogP) is 3.19. The van der Waals surface area contributed by atoms with Crippen molar-refractivity contribution in [3.63, 3.8) is 0 Å². The summed E-state index contributed by atoms with van der Waals surface area (Å²) in [5, 5.41) is 11.2. The summed E-state index contributed by atoms with van der Waals surface area (Å²) < 4.78 is 34.0. The Bertz CT molecular complexity index is 832. The van der Waals surface area contributed by atoms with Gasteiger partial charge in [-0.1, -0.05) is 12.1 Å². The summed E-state index contributed by atoms with van der Waals surface area (Å²) in [6.07, 6.45) is 0.983. The van der Waals surface area contributed by atoms with Crippen LogP contribution in [0.1, 0.15) is 6.92 Å². The fourth-order valence-electron chi connectivity index (χ4n) is 1.88. The zero-order valence-electron chi connectivity index (χ0n) is 12.6. The molecule has 0 spiro atoms. The van der Waals surface area contributed by atoms with Crippen molar-refractivity contribution in [2.45, 2.75) is 11.8 Å². The van der Waals surface area contributed by atoms with Crippen LogP contribution in [-0.2, 0) is 9.84 Å². The first-order chi connectivity index (χ1) is 10.8. The van der Waals surface area contributed by atoms with Crippen molar-refractivity contribution in [3.05, 3.63) is 52.6 Å². The molecule has 0 fully saturated rings. The van der Waals surface area contributed by atoms with E-state index < -0.39 is 20.4 Å². The second-order valence-corrected chi connectivity index (χ2v) is 6.66. The lowest BCUT2D eigenvalue weighted by Gasteiger charge is -2.11. The smallest absolute Gasteiger partial charge is 0.312 e. The molecule has 0 aliphatic heterocycles. The third kappa shape index (κ3) is 3.98. The van der Waals surface area contributed by atoms with Crippen LogP contribution < -0.4 is 9.47 Å². The molecule has 0 aliphatic rings. The summed E-state index contributed by atoms with van der Waals surface area (Å²) in [5.41, 5.74) is -0.431. The highest BCUT2D eigenvalue weighted by Crippen LogP contribution is 2.37. The zero-order valence-corrected chi connectivity index (χ0v) is 13.4. The highest BCUT2D eigenvalue weighted by Gasteiger charge is 2.21. The number of benzene rings is 2. The van der Waals surface area contributed by atoms with Crippen LogP contribution in [0.15, 0.2) is 47.4 Å². The fraction of sp³-hybridized carbons (Fsp3) is 0.200. The van der Waals surface area contributed by atoms with Gasteiger partial charge in [0.1, 0.15) is 0 Å². The Morgan fingerprint density at radius 3 is 2.30 bits per heavy atom. The maximum absolute atomic E-state index is 11.5. The van der Waals surface area contributed by atoms with Gasteiger partial charge < -0.3 is 9.47 Å². The number of rotatable bonds is 6. The molecule has 0 unspecified atom stereocenters. The van der Waals surface area contributed by atoms with Crippen LogP contribution in [-0.4, -0.2) is 26.2 Å². The van der Waals surface area contributed by atoms with Crippen LogP contribution in [0.25, 0.3) is 0 Å². The summed E-state index contributed by atoms with van der Waals surface area (Å²) in [4.78, 5) is 10.4. The van der Waals surface area contributed by atoms with E-state index in [4.69, 9.17) is 9.47 Å².